The second-order valence-electron chi connectivity index (χ2n) is 6.36. The fourth-order valence-electron chi connectivity index (χ4n) is 2.80. The topological polar surface area (TPSA) is 71.5 Å². The van der Waals surface area contributed by atoms with E-state index in [4.69, 9.17) is 4.74 Å². The number of rotatable bonds is 6. The molecule has 0 saturated heterocycles. The molecule has 1 aromatic heterocycles. The molecule has 0 spiro atoms. The lowest BCUT2D eigenvalue weighted by atomic mass is 10.1. The molecule has 0 fully saturated rings. The van der Waals surface area contributed by atoms with Crippen molar-refractivity contribution in [2.75, 3.05) is 19.5 Å². The SMILES string of the molecule is COc1cccc(C(=O)N(C)Cc2cc(Br)ccc2NC(=O)c2ccccn2)c1. The lowest BCUT2D eigenvalue weighted by molar-refractivity contribution is 0.0785. The minimum Gasteiger partial charge on any atom is -0.497 e. The molecule has 2 aromatic carbocycles. The number of halogens is 1. The van der Waals surface area contributed by atoms with Crippen LogP contribution >= 0.6 is 15.9 Å². The van der Waals surface area contributed by atoms with Gasteiger partial charge in [0, 0.05) is 35.5 Å². The number of hydrogen-bond donors (Lipinski definition) is 1. The minimum atomic E-state index is -0.309. The Kier molecular flexibility index (Phi) is 6.61. The van der Waals surface area contributed by atoms with Crippen molar-refractivity contribution in [3.05, 3.63) is 88.2 Å². The van der Waals surface area contributed by atoms with Gasteiger partial charge in [0.25, 0.3) is 11.8 Å². The number of nitrogens with zero attached hydrogens (tertiary/aromatic N) is 2. The molecular weight excluding hydrogens is 434 g/mol. The Morgan fingerprint density at radius 3 is 2.66 bits per heavy atom. The van der Waals surface area contributed by atoms with E-state index in [2.05, 4.69) is 26.2 Å². The highest BCUT2D eigenvalue weighted by Gasteiger charge is 2.16. The van der Waals surface area contributed by atoms with Crippen molar-refractivity contribution in [2.24, 2.45) is 0 Å². The molecule has 0 bridgehead atoms. The molecule has 0 atom stereocenters. The molecule has 3 aromatic rings. The molecule has 29 heavy (non-hydrogen) atoms. The van der Waals surface area contributed by atoms with Crippen LogP contribution in [0.15, 0.2) is 71.3 Å². The summed E-state index contributed by atoms with van der Waals surface area (Å²) in [6.45, 7) is 0.313. The molecule has 3 rings (SSSR count). The van der Waals surface area contributed by atoms with Crippen molar-refractivity contribution in [1.29, 1.82) is 0 Å². The van der Waals surface area contributed by atoms with Crippen molar-refractivity contribution >= 4 is 33.4 Å². The molecule has 7 heteroatoms. The second kappa shape index (κ2) is 9.34. The van der Waals surface area contributed by atoms with Crippen LogP contribution in [0.25, 0.3) is 0 Å². The smallest absolute Gasteiger partial charge is 0.274 e. The van der Waals surface area contributed by atoms with Crippen molar-refractivity contribution in [2.45, 2.75) is 6.54 Å². The quantitative estimate of drug-likeness (QED) is 0.600. The largest absolute Gasteiger partial charge is 0.497 e. The third-order valence-electron chi connectivity index (χ3n) is 4.28. The van der Waals surface area contributed by atoms with Crippen LogP contribution in [-0.2, 0) is 6.54 Å². The van der Waals surface area contributed by atoms with Crippen LogP contribution in [-0.4, -0.2) is 35.9 Å². The molecule has 6 nitrogen and oxygen atoms in total. The monoisotopic (exact) mass is 453 g/mol. The summed E-state index contributed by atoms with van der Waals surface area (Å²) in [7, 11) is 3.28. The Bertz CT molecular complexity index is 1020. The van der Waals surface area contributed by atoms with Crippen LogP contribution in [0.4, 0.5) is 5.69 Å². The van der Waals surface area contributed by atoms with Gasteiger partial charge in [-0.15, -0.1) is 0 Å². The molecule has 0 aliphatic carbocycles. The number of ether oxygens (including phenoxy) is 1. The summed E-state index contributed by atoms with van der Waals surface area (Å²) in [6, 6.07) is 17.7. The third kappa shape index (κ3) is 5.20. The normalized spacial score (nSPS) is 10.3. The zero-order valence-electron chi connectivity index (χ0n) is 16.1. The first kappa shape index (κ1) is 20.5. The number of amides is 2. The number of nitrogens with one attached hydrogen (secondary N) is 1. The molecule has 0 radical (unpaired) electrons. The van der Waals surface area contributed by atoms with Gasteiger partial charge in [-0.3, -0.25) is 14.6 Å². The summed E-state index contributed by atoms with van der Waals surface area (Å²) in [6.07, 6.45) is 1.57. The van der Waals surface area contributed by atoms with Gasteiger partial charge in [0.1, 0.15) is 11.4 Å². The van der Waals surface area contributed by atoms with Gasteiger partial charge < -0.3 is 15.0 Å². The first-order valence-electron chi connectivity index (χ1n) is 8.88. The maximum Gasteiger partial charge on any atom is 0.274 e. The Labute approximate surface area is 177 Å². The van der Waals surface area contributed by atoms with E-state index in [1.165, 1.54) is 0 Å². The van der Waals surface area contributed by atoms with Crippen molar-refractivity contribution < 1.29 is 14.3 Å². The molecule has 2 amide bonds. The van der Waals surface area contributed by atoms with E-state index >= 15 is 0 Å². The highest BCUT2D eigenvalue weighted by Crippen LogP contribution is 2.24. The number of benzene rings is 2. The van der Waals surface area contributed by atoms with E-state index in [1.54, 1.807) is 73.8 Å². The fourth-order valence-corrected chi connectivity index (χ4v) is 3.21. The first-order valence-corrected chi connectivity index (χ1v) is 9.67. The Hall–Kier alpha value is -3.19. The lowest BCUT2D eigenvalue weighted by Crippen LogP contribution is -2.27. The average Bonchev–Trinajstić information content (AvgIpc) is 2.75. The molecule has 1 N–H and O–H groups in total. The Balaban J connectivity index is 1.80. The summed E-state index contributed by atoms with van der Waals surface area (Å²) in [5, 5.41) is 2.88. The van der Waals surface area contributed by atoms with Gasteiger partial charge in [-0.25, -0.2) is 0 Å². The number of carbonyl (C=O) groups excluding carboxylic acids is 2. The van der Waals surface area contributed by atoms with Gasteiger partial charge in [0.15, 0.2) is 0 Å². The molecule has 1 heterocycles. The average molecular weight is 454 g/mol. The zero-order valence-corrected chi connectivity index (χ0v) is 17.6. The van der Waals surface area contributed by atoms with Crippen LogP contribution in [0.5, 0.6) is 5.75 Å². The van der Waals surface area contributed by atoms with Crippen LogP contribution in [0.3, 0.4) is 0 Å². The van der Waals surface area contributed by atoms with E-state index in [9.17, 15) is 9.59 Å². The number of anilines is 1. The van der Waals surface area contributed by atoms with Gasteiger partial charge in [-0.2, -0.15) is 0 Å². The second-order valence-corrected chi connectivity index (χ2v) is 7.28. The molecule has 0 aliphatic rings. The van der Waals surface area contributed by atoms with E-state index in [0.29, 0.717) is 29.2 Å². The van der Waals surface area contributed by atoms with Gasteiger partial charge in [-0.1, -0.05) is 28.1 Å². The third-order valence-corrected chi connectivity index (χ3v) is 4.78. The van der Waals surface area contributed by atoms with Crippen LogP contribution < -0.4 is 10.1 Å². The predicted molar refractivity (Wildman–Crippen MR) is 115 cm³/mol. The van der Waals surface area contributed by atoms with Crippen LogP contribution in [0.2, 0.25) is 0 Å². The van der Waals surface area contributed by atoms with Crippen LogP contribution in [0.1, 0.15) is 26.4 Å². The fraction of sp³-hybridized carbons (Fsp3) is 0.136. The molecular formula is C22H20BrN3O3. The van der Waals surface area contributed by atoms with E-state index in [0.717, 1.165) is 10.0 Å². The van der Waals surface area contributed by atoms with Gasteiger partial charge in [0.05, 0.1) is 7.11 Å². The summed E-state index contributed by atoms with van der Waals surface area (Å²) >= 11 is 3.45. The molecule has 0 aliphatic heterocycles. The summed E-state index contributed by atoms with van der Waals surface area (Å²) < 4.78 is 6.05. The standard InChI is InChI=1S/C22H20BrN3O3/c1-26(22(28)15-6-5-7-18(13-15)29-2)14-16-12-17(23)9-10-19(16)25-21(27)20-8-3-4-11-24-20/h3-13H,14H2,1-2H3,(H,25,27). The summed E-state index contributed by atoms with van der Waals surface area (Å²) in [4.78, 5) is 31.0. The van der Waals surface area contributed by atoms with Crippen molar-refractivity contribution in [1.82, 2.24) is 9.88 Å². The highest BCUT2D eigenvalue weighted by atomic mass is 79.9. The minimum absolute atomic E-state index is 0.147. The number of hydrogen-bond acceptors (Lipinski definition) is 4. The summed E-state index contributed by atoms with van der Waals surface area (Å²) in [5.74, 6) is 0.164. The Morgan fingerprint density at radius 1 is 1.10 bits per heavy atom. The Morgan fingerprint density at radius 2 is 1.93 bits per heavy atom. The van der Waals surface area contributed by atoms with Gasteiger partial charge >= 0.3 is 0 Å². The number of methoxy groups -OCH3 is 1. The van der Waals surface area contributed by atoms with E-state index in [1.807, 2.05) is 12.1 Å². The van der Waals surface area contributed by atoms with Crippen molar-refractivity contribution in [3.8, 4) is 5.75 Å². The van der Waals surface area contributed by atoms with Crippen molar-refractivity contribution in [3.63, 3.8) is 0 Å². The maximum absolute atomic E-state index is 12.8. The van der Waals surface area contributed by atoms with E-state index in [-0.39, 0.29) is 11.8 Å². The molecule has 148 valence electrons. The van der Waals surface area contributed by atoms with E-state index < -0.39 is 0 Å². The number of carbonyl (C=O) groups is 2. The zero-order chi connectivity index (χ0) is 20.8. The first-order chi connectivity index (χ1) is 14.0. The molecule has 0 unspecified atom stereocenters. The van der Waals surface area contributed by atoms with Gasteiger partial charge in [-0.05, 0) is 54.1 Å². The lowest BCUT2D eigenvalue weighted by Gasteiger charge is -2.20. The van der Waals surface area contributed by atoms with Crippen LogP contribution in [0, 0.1) is 0 Å². The number of aromatic nitrogens is 1. The summed E-state index contributed by atoms with van der Waals surface area (Å²) in [5.41, 5.74) is 2.26. The maximum atomic E-state index is 12.8. The molecule has 0 saturated carbocycles. The van der Waals surface area contributed by atoms with Gasteiger partial charge in [0.2, 0.25) is 0 Å². The predicted octanol–water partition coefficient (Wildman–Crippen LogP) is 4.38. The number of pyridine rings is 1. The highest BCUT2D eigenvalue weighted by molar-refractivity contribution is 9.10.